The average molecular weight is 543 g/mol. The summed E-state index contributed by atoms with van der Waals surface area (Å²) in [6.07, 6.45) is 2.96. The second-order valence-electron chi connectivity index (χ2n) is 10.1. The van der Waals surface area contributed by atoms with Gasteiger partial charge in [0.05, 0.1) is 58.3 Å². The van der Waals surface area contributed by atoms with Crippen LogP contribution in [0.4, 0.5) is 0 Å². The molecule has 224 valence electrons. The van der Waals surface area contributed by atoms with E-state index in [0.717, 1.165) is 12.8 Å². The zero-order chi connectivity index (χ0) is 27.8. The monoisotopic (exact) mass is 542 g/mol. The van der Waals surface area contributed by atoms with Crippen LogP contribution in [0.3, 0.4) is 0 Å². The normalized spacial score (nSPS) is 16.9. The Balaban J connectivity index is 5.50. The third kappa shape index (κ3) is 17.7. The maximum Gasteiger partial charge on any atom is 0.0637 e. The largest absolute Gasteiger partial charge is 0.396 e. The predicted molar refractivity (Wildman–Crippen MR) is 138 cm³/mol. The van der Waals surface area contributed by atoms with Gasteiger partial charge in [-0.3, -0.25) is 0 Å². The fourth-order valence-electron chi connectivity index (χ4n) is 3.88. The molecule has 37 heavy (non-hydrogen) atoms. The molecule has 0 aromatic heterocycles. The van der Waals surface area contributed by atoms with E-state index in [1.54, 1.807) is 0 Å². The zero-order valence-corrected chi connectivity index (χ0v) is 22.7. The topological polar surface area (TPSA) is 179 Å². The molecule has 11 heteroatoms. The smallest absolute Gasteiger partial charge is 0.0637 e. The molecular weight excluding hydrogens is 488 g/mol. The molecule has 0 rings (SSSR count). The van der Waals surface area contributed by atoms with E-state index in [0.29, 0.717) is 25.9 Å². The van der Waals surface area contributed by atoms with Crippen LogP contribution in [0.25, 0.3) is 0 Å². The number of rotatable bonds is 28. The Morgan fingerprint density at radius 2 is 0.730 bits per heavy atom. The number of aliphatic hydroxyl groups excluding tert-OH is 7. The third-order valence-electron chi connectivity index (χ3n) is 6.39. The molecule has 0 aromatic carbocycles. The second kappa shape index (κ2) is 24.6. The molecule has 0 heterocycles. The van der Waals surface area contributed by atoms with E-state index in [4.69, 9.17) is 18.9 Å². The Morgan fingerprint density at radius 3 is 0.946 bits per heavy atom. The highest BCUT2D eigenvalue weighted by molar-refractivity contribution is 4.81. The maximum atomic E-state index is 9.64. The Kier molecular flexibility index (Phi) is 24.3. The van der Waals surface area contributed by atoms with Gasteiger partial charge in [-0.1, -0.05) is 13.3 Å². The highest BCUT2D eigenvalue weighted by Gasteiger charge is 2.34. The van der Waals surface area contributed by atoms with E-state index in [9.17, 15) is 35.7 Å². The molecule has 4 atom stereocenters. The van der Waals surface area contributed by atoms with Crippen molar-refractivity contribution in [2.24, 2.45) is 29.1 Å². The first kappa shape index (κ1) is 36.6. The summed E-state index contributed by atoms with van der Waals surface area (Å²) in [5.74, 6) is -0.665. The van der Waals surface area contributed by atoms with Gasteiger partial charge in [0.1, 0.15) is 0 Å². The average Bonchev–Trinajstić information content (AvgIpc) is 2.90. The first-order valence-electron chi connectivity index (χ1n) is 13.5. The van der Waals surface area contributed by atoms with Gasteiger partial charge in [-0.25, -0.2) is 0 Å². The minimum Gasteiger partial charge on any atom is -0.396 e. The van der Waals surface area contributed by atoms with Crippen molar-refractivity contribution < 1.29 is 54.7 Å². The van der Waals surface area contributed by atoms with Crippen molar-refractivity contribution in [1.29, 1.82) is 0 Å². The highest BCUT2D eigenvalue weighted by Crippen LogP contribution is 2.24. The molecule has 0 aliphatic rings. The number of hydrogen-bond acceptors (Lipinski definition) is 11. The van der Waals surface area contributed by atoms with Gasteiger partial charge in [-0.2, -0.15) is 0 Å². The molecule has 0 radical (unpaired) electrons. The highest BCUT2D eigenvalue weighted by atomic mass is 16.5. The molecule has 0 saturated carbocycles. The van der Waals surface area contributed by atoms with Crippen molar-refractivity contribution >= 4 is 0 Å². The first-order valence-corrected chi connectivity index (χ1v) is 13.5. The Labute approximate surface area is 222 Å². The molecule has 4 unspecified atom stereocenters. The van der Waals surface area contributed by atoms with E-state index in [1.165, 1.54) is 0 Å². The fraction of sp³-hybridized carbons (Fsp3) is 1.00. The van der Waals surface area contributed by atoms with Gasteiger partial charge in [-0.05, 0) is 25.7 Å². The van der Waals surface area contributed by atoms with Crippen LogP contribution >= 0.6 is 0 Å². The van der Waals surface area contributed by atoms with Crippen LogP contribution in [0.1, 0.15) is 39.0 Å². The van der Waals surface area contributed by atoms with Gasteiger partial charge >= 0.3 is 0 Å². The SMILES string of the molecule is CCCC(CO)COCC(COCC(CO)CCO)(COCC(CO)CCO)COCC(CO)CCO. The molecule has 0 fully saturated rings. The lowest BCUT2D eigenvalue weighted by Gasteiger charge is -2.34. The van der Waals surface area contributed by atoms with E-state index >= 15 is 0 Å². The Bertz CT molecular complexity index is 398. The lowest BCUT2D eigenvalue weighted by atomic mass is 9.91. The van der Waals surface area contributed by atoms with Gasteiger partial charge in [0.15, 0.2) is 0 Å². The van der Waals surface area contributed by atoms with E-state index < -0.39 is 5.41 Å². The van der Waals surface area contributed by atoms with Crippen LogP contribution in [-0.2, 0) is 18.9 Å². The van der Waals surface area contributed by atoms with Crippen LogP contribution in [0, 0.1) is 29.1 Å². The lowest BCUT2D eigenvalue weighted by Crippen LogP contribution is -2.43. The number of ether oxygens (including phenoxy) is 4. The van der Waals surface area contributed by atoms with Crippen LogP contribution in [0.5, 0.6) is 0 Å². The molecule has 0 aromatic rings. The quantitative estimate of drug-likeness (QED) is 0.0673. The Hall–Kier alpha value is -0.440. The summed E-state index contributed by atoms with van der Waals surface area (Å²) < 4.78 is 23.9. The summed E-state index contributed by atoms with van der Waals surface area (Å²) in [6, 6.07) is 0. The molecule has 0 bridgehead atoms. The van der Waals surface area contributed by atoms with E-state index in [1.807, 2.05) is 6.92 Å². The summed E-state index contributed by atoms with van der Waals surface area (Å²) in [5.41, 5.74) is -0.774. The molecule has 0 saturated heterocycles. The number of hydrogen-bond donors (Lipinski definition) is 7. The zero-order valence-electron chi connectivity index (χ0n) is 22.7. The van der Waals surface area contributed by atoms with Crippen LogP contribution in [-0.4, -0.2) is 135 Å². The molecule has 0 aliphatic carbocycles. The minimum absolute atomic E-state index is 0.000394. The van der Waals surface area contributed by atoms with Crippen LogP contribution in [0.15, 0.2) is 0 Å². The minimum atomic E-state index is -0.774. The van der Waals surface area contributed by atoms with Crippen LogP contribution < -0.4 is 0 Å². The van der Waals surface area contributed by atoms with Gasteiger partial charge in [0, 0.05) is 69.9 Å². The van der Waals surface area contributed by atoms with Gasteiger partial charge < -0.3 is 54.7 Å². The molecule has 0 aliphatic heterocycles. The van der Waals surface area contributed by atoms with Gasteiger partial charge in [-0.15, -0.1) is 0 Å². The molecule has 7 N–H and O–H groups in total. The van der Waals surface area contributed by atoms with Crippen LogP contribution in [0.2, 0.25) is 0 Å². The summed E-state index contributed by atoms with van der Waals surface area (Å²) in [7, 11) is 0. The van der Waals surface area contributed by atoms with Crippen molar-refractivity contribution in [3.8, 4) is 0 Å². The first-order chi connectivity index (χ1) is 18.0. The van der Waals surface area contributed by atoms with E-state index in [2.05, 4.69) is 0 Å². The standard InChI is InChI=1S/C26H54O11/c1-2-3-22(10-30)14-34-18-26(19-35-15-23(11-31)4-7-27,20-36-16-24(12-32)5-8-28)21-37-17-25(13-33)6-9-29/h22-25,27-33H,2-21H2,1H3. The molecule has 11 nitrogen and oxygen atoms in total. The van der Waals surface area contributed by atoms with E-state index in [-0.39, 0.29) is 116 Å². The fourth-order valence-corrected chi connectivity index (χ4v) is 3.88. The van der Waals surface area contributed by atoms with Gasteiger partial charge in [0.25, 0.3) is 0 Å². The molecule has 0 spiro atoms. The lowest BCUT2D eigenvalue weighted by molar-refractivity contribution is -0.124. The summed E-state index contributed by atoms with van der Waals surface area (Å²) >= 11 is 0. The Morgan fingerprint density at radius 1 is 0.459 bits per heavy atom. The summed E-state index contributed by atoms with van der Waals surface area (Å²) in [4.78, 5) is 0. The van der Waals surface area contributed by atoms with Crippen molar-refractivity contribution in [3.05, 3.63) is 0 Å². The van der Waals surface area contributed by atoms with Crippen molar-refractivity contribution in [2.75, 3.05) is 99.1 Å². The third-order valence-corrected chi connectivity index (χ3v) is 6.39. The van der Waals surface area contributed by atoms with Crippen molar-refractivity contribution in [3.63, 3.8) is 0 Å². The molecular formula is C26H54O11. The summed E-state index contributed by atoms with van der Waals surface area (Å²) in [6.45, 7) is 3.24. The van der Waals surface area contributed by atoms with Gasteiger partial charge in [0.2, 0.25) is 0 Å². The molecule has 0 amide bonds. The second-order valence-corrected chi connectivity index (χ2v) is 10.1. The number of aliphatic hydroxyl groups is 7. The van der Waals surface area contributed by atoms with Crippen molar-refractivity contribution in [2.45, 2.75) is 39.0 Å². The summed E-state index contributed by atoms with van der Waals surface area (Å²) in [5, 5.41) is 65.9. The predicted octanol–water partition coefficient (Wildman–Crippen LogP) is -0.579. The van der Waals surface area contributed by atoms with Crippen molar-refractivity contribution in [1.82, 2.24) is 0 Å². The maximum absolute atomic E-state index is 9.64.